The predicted octanol–water partition coefficient (Wildman–Crippen LogP) is 2.27. The lowest BCUT2D eigenvalue weighted by Crippen LogP contribution is -2.09. The summed E-state index contributed by atoms with van der Waals surface area (Å²) in [5.41, 5.74) is 0. The fraction of sp³-hybridized carbons (Fsp3) is 0.750. The van der Waals surface area contributed by atoms with Crippen molar-refractivity contribution in [1.29, 1.82) is 0 Å². The molecule has 0 radical (unpaired) electrons. The molecule has 0 amide bonds. The predicted molar refractivity (Wildman–Crippen MR) is 70.2 cm³/mol. The average Bonchev–Trinajstić information content (AvgIpc) is 2.35. The molecule has 18 heavy (non-hydrogen) atoms. The lowest BCUT2D eigenvalue weighted by Gasteiger charge is -2.08. The maximum absolute atomic E-state index is 5.50. The van der Waals surface area contributed by atoms with E-state index < -0.39 is 0 Å². The first kappa shape index (κ1) is 14.5. The molecule has 1 aromatic heterocycles. The zero-order chi connectivity index (χ0) is 13.2. The topological polar surface area (TPSA) is 69.2 Å². The summed E-state index contributed by atoms with van der Waals surface area (Å²) in [6, 6.07) is 0.620. The number of hydrogen-bond donors (Lipinski definition) is 1. The number of unbranched alkanes of at least 4 members (excludes halogenated alkanes) is 2. The van der Waals surface area contributed by atoms with Gasteiger partial charge in [0.1, 0.15) is 0 Å². The van der Waals surface area contributed by atoms with E-state index in [4.69, 9.17) is 9.47 Å². The molecule has 0 fully saturated rings. The number of aromatic nitrogens is 3. The lowest BCUT2D eigenvalue weighted by molar-refractivity contribution is 0.264. The zero-order valence-electron chi connectivity index (χ0n) is 11.4. The van der Waals surface area contributed by atoms with E-state index in [0.717, 1.165) is 25.8 Å². The van der Waals surface area contributed by atoms with E-state index in [1.807, 2.05) is 13.8 Å². The summed E-state index contributed by atoms with van der Waals surface area (Å²) < 4.78 is 10.8. The van der Waals surface area contributed by atoms with Crippen molar-refractivity contribution in [3.63, 3.8) is 0 Å². The molecule has 6 heteroatoms. The van der Waals surface area contributed by atoms with Gasteiger partial charge in [0.25, 0.3) is 0 Å². The highest BCUT2D eigenvalue weighted by atomic mass is 16.5. The molecule has 0 atom stereocenters. The van der Waals surface area contributed by atoms with Gasteiger partial charge in [-0.15, -0.1) is 4.98 Å². The second-order valence-corrected chi connectivity index (χ2v) is 3.74. The molecule has 0 saturated heterocycles. The van der Waals surface area contributed by atoms with Crippen LogP contribution < -0.4 is 14.8 Å². The Kier molecular flexibility index (Phi) is 6.83. The maximum atomic E-state index is 5.50. The van der Waals surface area contributed by atoms with Gasteiger partial charge < -0.3 is 14.8 Å². The van der Waals surface area contributed by atoms with Crippen LogP contribution in [0.25, 0.3) is 0 Å². The van der Waals surface area contributed by atoms with Crippen LogP contribution in [0.5, 0.6) is 12.0 Å². The number of rotatable bonds is 9. The van der Waals surface area contributed by atoms with Gasteiger partial charge >= 0.3 is 12.0 Å². The third-order valence-electron chi connectivity index (χ3n) is 2.18. The smallest absolute Gasteiger partial charge is 0.324 e. The van der Waals surface area contributed by atoms with Crippen LogP contribution in [-0.4, -0.2) is 34.7 Å². The van der Waals surface area contributed by atoms with E-state index in [1.165, 1.54) is 0 Å². The summed E-state index contributed by atoms with van der Waals surface area (Å²) in [5, 5.41) is 3.03. The first-order chi connectivity index (χ1) is 8.80. The molecule has 0 aliphatic heterocycles. The Bertz CT molecular complexity index is 323. The quantitative estimate of drug-likeness (QED) is 0.682. The summed E-state index contributed by atoms with van der Waals surface area (Å²) in [5.74, 6) is 0.487. The highest BCUT2D eigenvalue weighted by Crippen LogP contribution is 2.13. The van der Waals surface area contributed by atoms with Gasteiger partial charge in [0.15, 0.2) is 0 Å². The zero-order valence-corrected chi connectivity index (χ0v) is 11.4. The summed E-state index contributed by atoms with van der Waals surface area (Å²) in [7, 11) is 0. The average molecular weight is 254 g/mol. The first-order valence-corrected chi connectivity index (χ1v) is 6.55. The van der Waals surface area contributed by atoms with Crippen molar-refractivity contribution in [2.24, 2.45) is 0 Å². The molecular weight excluding hydrogens is 232 g/mol. The molecular formula is C12H22N4O2. The SMILES string of the molecule is CCCCCOc1nc(NCC)nc(OCC)n1. The Morgan fingerprint density at radius 2 is 1.67 bits per heavy atom. The van der Waals surface area contributed by atoms with Crippen LogP contribution in [0.2, 0.25) is 0 Å². The second-order valence-electron chi connectivity index (χ2n) is 3.74. The summed E-state index contributed by atoms with van der Waals surface area (Å²) in [6.07, 6.45) is 3.31. The van der Waals surface area contributed by atoms with E-state index in [1.54, 1.807) is 0 Å². The van der Waals surface area contributed by atoms with Crippen molar-refractivity contribution in [2.75, 3.05) is 25.1 Å². The molecule has 6 nitrogen and oxygen atoms in total. The standard InChI is InChI=1S/C12H22N4O2/c1-4-7-8-9-18-12-15-10(13-5-2)14-11(16-12)17-6-3/h4-9H2,1-3H3,(H,13,14,15,16). The van der Waals surface area contributed by atoms with Gasteiger partial charge in [0.05, 0.1) is 13.2 Å². The van der Waals surface area contributed by atoms with Gasteiger partial charge in [-0.1, -0.05) is 19.8 Å². The Balaban J connectivity index is 2.63. The van der Waals surface area contributed by atoms with Crippen LogP contribution in [0.15, 0.2) is 0 Å². The molecule has 0 aliphatic rings. The van der Waals surface area contributed by atoms with E-state index in [0.29, 0.717) is 31.2 Å². The van der Waals surface area contributed by atoms with E-state index in [9.17, 15) is 0 Å². The van der Waals surface area contributed by atoms with Crippen LogP contribution in [0.3, 0.4) is 0 Å². The summed E-state index contributed by atoms with van der Waals surface area (Å²) in [6.45, 7) is 7.90. The third-order valence-corrected chi connectivity index (χ3v) is 2.18. The minimum atomic E-state index is 0.300. The Morgan fingerprint density at radius 1 is 0.944 bits per heavy atom. The monoisotopic (exact) mass is 254 g/mol. The van der Waals surface area contributed by atoms with Crippen molar-refractivity contribution in [2.45, 2.75) is 40.0 Å². The lowest BCUT2D eigenvalue weighted by atomic mass is 10.3. The van der Waals surface area contributed by atoms with E-state index in [2.05, 4.69) is 27.2 Å². The highest BCUT2D eigenvalue weighted by Gasteiger charge is 2.07. The first-order valence-electron chi connectivity index (χ1n) is 6.55. The van der Waals surface area contributed by atoms with Crippen molar-refractivity contribution < 1.29 is 9.47 Å². The fourth-order valence-electron chi connectivity index (χ4n) is 1.35. The Morgan fingerprint density at radius 3 is 2.28 bits per heavy atom. The molecule has 0 saturated carbocycles. The van der Waals surface area contributed by atoms with Crippen LogP contribution in [0.4, 0.5) is 5.95 Å². The number of anilines is 1. The molecule has 1 aromatic rings. The molecule has 1 heterocycles. The van der Waals surface area contributed by atoms with Crippen molar-refractivity contribution >= 4 is 5.95 Å². The van der Waals surface area contributed by atoms with Crippen molar-refractivity contribution in [3.8, 4) is 12.0 Å². The third kappa shape index (κ3) is 5.16. The van der Waals surface area contributed by atoms with Gasteiger partial charge in [-0.05, 0) is 20.3 Å². The maximum Gasteiger partial charge on any atom is 0.324 e. The van der Waals surface area contributed by atoms with Gasteiger partial charge in [-0.2, -0.15) is 9.97 Å². The number of ether oxygens (including phenoxy) is 2. The molecule has 0 unspecified atom stereocenters. The van der Waals surface area contributed by atoms with Crippen molar-refractivity contribution in [3.05, 3.63) is 0 Å². The number of nitrogens with zero attached hydrogens (tertiary/aromatic N) is 3. The normalized spacial score (nSPS) is 10.2. The second kappa shape index (κ2) is 8.49. The molecule has 1 N–H and O–H groups in total. The van der Waals surface area contributed by atoms with Gasteiger partial charge in [0.2, 0.25) is 5.95 Å². The molecule has 102 valence electrons. The van der Waals surface area contributed by atoms with E-state index >= 15 is 0 Å². The van der Waals surface area contributed by atoms with Crippen LogP contribution >= 0.6 is 0 Å². The molecule has 0 bridgehead atoms. The van der Waals surface area contributed by atoms with Gasteiger partial charge in [-0.3, -0.25) is 0 Å². The summed E-state index contributed by atoms with van der Waals surface area (Å²) >= 11 is 0. The molecule has 0 spiro atoms. The highest BCUT2D eigenvalue weighted by molar-refractivity contribution is 5.27. The number of hydrogen-bond acceptors (Lipinski definition) is 6. The van der Waals surface area contributed by atoms with Gasteiger partial charge in [0, 0.05) is 6.54 Å². The number of nitrogens with one attached hydrogen (secondary N) is 1. The van der Waals surface area contributed by atoms with E-state index in [-0.39, 0.29) is 0 Å². The van der Waals surface area contributed by atoms with Crippen LogP contribution in [0, 0.1) is 0 Å². The molecule has 0 aromatic carbocycles. The summed E-state index contributed by atoms with van der Waals surface area (Å²) in [4.78, 5) is 12.4. The van der Waals surface area contributed by atoms with Crippen LogP contribution in [0.1, 0.15) is 40.0 Å². The Hall–Kier alpha value is -1.59. The largest absolute Gasteiger partial charge is 0.464 e. The molecule has 0 aliphatic carbocycles. The minimum Gasteiger partial charge on any atom is -0.464 e. The van der Waals surface area contributed by atoms with Crippen LogP contribution in [-0.2, 0) is 0 Å². The molecule has 1 rings (SSSR count). The van der Waals surface area contributed by atoms with Crippen molar-refractivity contribution in [1.82, 2.24) is 15.0 Å². The van der Waals surface area contributed by atoms with Gasteiger partial charge in [-0.25, -0.2) is 0 Å². The minimum absolute atomic E-state index is 0.300. The fourth-order valence-corrected chi connectivity index (χ4v) is 1.35. The Labute approximate surface area is 108 Å².